The molecule has 0 aliphatic heterocycles. The molecule has 2 rings (SSSR count). The van der Waals surface area contributed by atoms with Crippen LogP contribution >= 0.6 is 10.7 Å². The second-order valence-electron chi connectivity index (χ2n) is 3.69. The van der Waals surface area contributed by atoms with Crippen LogP contribution in [0.25, 0.3) is 11.0 Å². The molecule has 0 spiro atoms. The third kappa shape index (κ3) is 1.78. The molecule has 86 valence electrons. The van der Waals surface area contributed by atoms with Gasteiger partial charge in [-0.2, -0.15) is 0 Å². The number of nitrogens with zero attached hydrogens (tertiary/aromatic N) is 3. The Bertz CT molecular complexity index is 633. The van der Waals surface area contributed by atoms with Crippen molar-refractivity contribution in [3.63, 3.8) is 0 Å². The average molecular weight is 260 g/mol. The summed E-state index contributed by atoms with van der Waals surface area (Å²) in [6.07, 6.45) is 4.33. The predicted molar refractivity (Wildman–Crippen MR) is 61.0 cm³/mol. The highest BCUT2D eigenvalue weighted by atomic mass is 35.7. The molecule has 0 aromatic carbocycles. The molecule has 0 bridgehead atoms. The first kappa shape index (κ1) is 11.3. The van der Waals surface area contributed by atoms with Gasteiger partial charge >= 0.3 is 0 Å². The number of aromatic nitrogens is 3. The monoisotopic (exact) mass is 259 g/mol. The Morgan fingerprint density at radius 3 is 2.69 bits per heavy atom. The number of hydrogen-bond acceptors (Lipinski definition) is 4. The zero-order valence-corrected chi connectivity index (χ0v) is 10.3. The molecule has 0 saturated carbocycles. The second kappa shape index (κ2) is 3.71. The van der Waals surface area contributed by atoms with Gasteiger partial charge in [0.05, 0.1) is 5.39 Å². The molecule has 16 heavy (non-hydrogen) atoms. The first-order valence-electron chi connectivity index (χ1n) is 4.66. The zero-order chi connectivity index (χ0) is 11.9. The van der Waals surface area contributed by atoms with E-state index in [4.69, 9.17) is 10.7 Å². The molecular weight excluding hydrogens is 250 g/mol. The third-order valence-corrected chi connectivity index (χ3v) is 3.63. The van der Waals surface area contributed by atoms with Gasteiger partial charge in [0.1, 0.15) is 16.9 Å². The summed E-state index contributed by atoms with van der Waals surface area (Å²) in [5, 5.41) is 0.450. The minimum absolute atomic E-state index is 0.0541. The molecular formula is C9H10ClN3O2S. The van der Waals surface area contributed by atoms with Crippen molar-refractivity contribution in [2.75, 3.05) is 0 Å². The maximum atomic E-state index is 11.4. The fourth-order valence-electron chi connectivity index (χ4n) is 1.55. The van der Waals surface area contributed by atoms with Gasteiger partial charge in [-0.3, -0.25) is 0 Å². The smallest absolute Gasteiger partial charge is 0.263 e. The van der Waals surface area contributed by atoms with Crippen LogP contribution in [0.4, 0.5) is 0 Å². The summed E-state index contributed by atoms with van der Waals surface area (Å²) in [5.74, 6) is 0. The van der Waals surface area contributed by atoms with Crippen LogP contribution in [0.2, 0.25) is 0 Å². The molecule has 0 radical (unpaired) electrons. The molecule has 0 saturated heterocycles. The maximum Gasteiger partial charge on any atom is 0.263 e. The van der Waals surface area contributed by atoms with Crippen molar-refractivity contribution in [2.24, 2.45) is 0 Å². The third-order valence-electron chi connectivity index (χ3n) is 2.28. The standard InChI is InChI=1S/C9H10ClN3O2S/c1-6(2)13-4-8(16(10,14)15)7-3-11-5-12-9(7)13/h3-6H,1-2H3. The topological polar surface area (TPSA) is 64.8 Å². The maximum absolute atomic E-state index is 11.4. The van der Waals surface area contributed by atoms with E-state index in [0.717, 1.165) is 0 Å². The molecule has 2 aromatic rings. The molecule has 2 heterocycles. The minimum Gasteiger partial charge on any atom is -0.329 e. The Morgan fingerprint density at radius 2 is 2.12 bits per heavy atom. The Morgan fingerprint density at radius 1 is 1.44 bits per heavy atom. The molecule has 0 aliphatic carbocycles. The van der Waals surface area contributed by atoms with Crippen molar-refractivity contribution in [1.82, 2.24) is 14.5 Å². The fourth-order valence-corrected chi connectivity index (χ4v) is 2.56. The van der Waals surface area contributed by atoms with E-state index in [2.05, 4.69) is 9.97 Å². The SMILES string of the molecule is CC(C)n1cc(S(=O)(=O)Cl)c2cncnc21. The van der Waals surface area contributed by atoms with Gasteiger partial charge in [-0.05, 0) is 13.8 Å². The first-order chi connectivity index (χ1) is 7.41. The minimum atomic E-state index is -3.77. The Balaban J connectivity index is 2.88. The van der Waals surface area contributed by atoms with Crippen molar-refractivity contribution < 1.29 is 8.42 Å². The highest BCUT2D eigenvalue weighted by molar-refractivity contribution is 8.14. The average Bonchev–Trinajstić information content (AvgIpc) is 2.56. The highest BCUT2D eigenvalue weighted by Crippen LogP contribution is 2.27. The summed E-state index contributed by atoms with van der Waals surface area (Å²) in [5.41, 5.74) is 0.573. The van der Waals surface area contributed by atoms with E-state index in [1.807, 2.05) is 13.8 Å². The lowest BCUT2D eigenvalue weighted by Gasteiger charge is -2.06. The fraction of sp³-hybridized carbons (Fsp3) is 0.333. The van der Waals surface area contributed by atoms with Gasteiger partial charge in [0.2, 0.25) is 0 Å². The molecule has 5 nitrogen and oxygen atoms in total. The van der Waals surface area contributed by atoms with E-state index < -0.39 is 9.05 Å². The van der Waals surface area contributed by atoms with Gasteiger partial charge in [0, 0.05) is 29.1 Å². The molecule has 0 atom stereocenters. The van der Waals surface area contributed by atoms with E-state index in [0.29, 0.717) is 11.0 Å². The second-order valence-corrected chi connectivity index (χ2v) is 6.23. The van der Waals surface area contributed by atoms with Gasteiger partial charge in [0.25, 0.3) is 9.05 Å². The summed E-state index contributed by atoms with van der Waals surface area (Å²) in [6.45, 7) is 3.87. The summed E-state index contributed by atoms with van der Waals surface area (Å²) >= 11 is 0. The van der Waals surface area contributed by atoms with Crippen LogP contribution in [0.5, 0.6) is 0 Å². The number of halogens is 1. The molecule has 0 amide bonds. The van der Waals surface area contributed by atoms with Crippen LogP contribution in [0, 0.1) is 0 Å². The van der Waals surface area contributed by atoms with E-state index >= 15 is 0 Å². The van der Waals surface area contributed by atoms with Gasteiger partial charge in [0.15, 0.2) is 0 Å². The van der Waals surface area contributed by atoms with E-state index in [1.165, 1.54) is 18.7 Å². The van der Waals surface area contributed by atoms with Crippen molar-refractivity contribution >= 4 is 30.8 Å². The van der Waals surface area contributed by atoms with Crippen molar-refractivity contribution in [3.05, 3.63) is 18.7 Å². The number of rotatable bonds is 2. The van der Waals surface area contributed by atoms with Crippen molar-refractivity contribution in [2.45, 2.75) is 24.8 Å². The first-order valence-corrected chi connectivity index (χ1v) is 6.97. The lowest BCUT2D eigenvalue weighted by molar-refractivity contribution is 0.602. The van der Waals surface area contributed by atoms with Gasteiger partial charge < -0.3 is 4.57 Å². The Labute approximate surface area is 97.5 Å². The van der Waals surface area contributed by atoms with Crippen LogP contribution in [0.1, 0.15) is 19.9 Å². The van der Waals surface area contributed by atoms with Crippen LogP contribution in [0.15, 0.2) is 23.6 Å². The summed E-state index contributed by atoms with van der Waals surface area (Å²) < 4.78 is 24.5. The predicted octanol–water partition coefficient (Wildman–Crippen LogP) is 1.94. The number of fused-ring (bicyclic) bond motifs is 1. The van der Waals surface area contributed by atoms with Crippen molar-refractivity contribution in [3.8, 4) is 0 Å². The van der Waals surface area contributed by atoms with Gasteiger partial charge in [-0.15, -0.1) is 0 Å². The van der Waals surface area contributed by atoms with E-state index in [9.17, 15) is 8.42 Å². The van der Waals surface area contributed by atoms with Crippen LogP contribution in [-0.4, -0.2) is 23.0 Å². The molecule has 0 fully saturated rings. The Hall–Kier alpha value is -1.14. The normalized spacial score (nSPS) is 12.5. The highest BCUT2D eigenvalue weighted by Gasteiger charge is 2.20. The molecule has 0 aliphatic rings. The van der Waals surface area contributed by atoms with Crippen LogP contribution < -0.4 is 0 Å². The van der Waals surface area contributed by atoms with E-state index in [1.54, 1.807) is 4.57 Å². The lowest BCUT2D eigenvalue weighted by Crippen LogP contribution is -1.99. The van der Waals surface area contributed by atoms with Gasteiger partial charge in [-0.1, -0.05) is 0 Å². The zero-order valence-electron chi connectivity index (χ0n) is 8.75. The lowest BCUT2D eigenvalue weighted by atomic mass is 10.4. The van der Waals surface area contributed by atoms with E-state index in [-0.39, 0.29) is 10.9 Å². The molecule has 0 N–H and O–H groups in total. The Kier molecular flexibility index (Phi) is 2.63. The largest absolute Gasteiger partial charge is 0.329 e. The molecule has 7 heteroatoms. The summed E-state index contributed by atoms with van der Waals surface area (Å²) in [7, 11) is 1.59. The van der Waals surface area contributed by atoms with Crippen molar-refractivity contribution in [1.29, 1.82) is 0 Å². The van der Waals surface area contributed by atoms with Crippen LogP contribution in [0.3, 0.4) is 0 Å². The quantitative estimate of drug-likeness (QED) is 0.773. The molecule has 2 aromatic heterocycles. The summed E-state index contributed by atoms with van der Waals surface area (Å²) in [6, 6.07) is 0.101. The van der Waals surface area contributed by atoms with Crippen LogP contribution in [-0.2, 0) is 9.05 Å². The van der Waals surface area contributed by atoms with Gasteiger partial charge in [-0.25, -0.2) is 18.4 Å². The summed E-state index contributed by atoms with van der Waals surface area (Å²) in [4.78, 5) is 7.93. The molecule has 0 unspecified atom stereocenters. The number of hydrogen-bond donors (Lipinski definition) is 0.